The second kappa shape index (κ2) is 5.95. The molecular weight excluding hydrogens is 291 g/mol. The molecule has 0 bridgehead atoms. The van der Waals surface area contributed by atoms with Crippen LogP contribution in [0.1, 0.15) is 0 Å². The van der Waals surface area contributed by atoms with Gasteiger partial charge in [0.1, 0.15) is 15.8 Å². The molecule has 1 aromatic rings. The SMILES string of the molecule is O=S(=O)(F)[N-]S(=O)(=O)c1ccc(F)cc1.[K+]. The molecule has 0 aliphatic carbocycles. The van der Waals surface area contributed by atoms with E-state index in [2.05, 4.69) is 0 Å². The minimum Gasteiger partial charge on any atom is -0.403 e. The first-order valence-corrected chi connectivity index (χ1v) is 6.18. The van der Waals surface area contributed by atoms with Crippen LogP contribution < -0.4 is 51.4 Å². The summed E-state index contributed by atoms with van der Waals surface area (Å²) in [5, 5.41) is 0. The molecule has 0 spiro atoms. The number of rotatable bonds is 3. The largest absolute Gasteiger partial charge is 1.00 e. The van der Waals surface area contributed by atoms with Crippen molar-refractivity contribution >= 4 is 20.4 Å². The van der Waals surface area contributed by atoms with Crippen molar-refractivity contribution < 1.29 is 76.5 Å². The monoisotopic (exact) mass is 295 g/mol. The Morgan fingerprint density at radius 1 is 1.00 bits per heavy atom. The Morgan fingerprint density at radius 2 is 1.44 bits per heavy atom. The summed E-state index contributed by atoms with van der Waals surface area (Å²) in [6.45, 7) is 0. The van der Waals surface area contributed by atoms with Gasteiger partial charge >= 0.3 is 51.4 Å². The zero-order chi connectivity index (χ0) is 11.7. The van der Waals surface area contributed by atoms with Gasteiger partial charge in [-0.3, -0.25) is 0 Å². The molecule has 0 aliphatic rings. The summed E-state index contributed by atoms with van der Waals surface area (Å²) in [5.74, 6) is -0.711. The first kappa shape index (κ1) is 16.6. The summed E-state index contributed by atoms with van der Waals surface area (Å²) in [4.78, 5) is -0.606. The maximum Gasteiger partial charge on any atom is 1.00 e. The fourth-order valence-electron chi connectivity index (χ4n) is 0.767. The van der Waals surface area contributed by atoms with Gasteiger partial charge < -0.3 is 4.13 Å². The van der Waals surface area contributed by atoms with Crippen molar-refractivity contribution in [2.75, 3.05) is 0 Å². The summed E-state index contributed by atoms with van der Waals surface area (Å²) in [6, 6.07) is 3.12. The van der Waals surface area contributed by atoms with Crippen molar-refractivity contribution in [1.29, 1.82) is 0 Å². The molecule has 16 heavy (non-hydrogen) atoms. The number of halogens is 2. The molecule has 0 aromatic heterocycles. The molecule has 0 amide bonds. The van der Waals surface area contributed by atoms with Gasteiger partial charge in [0, 0.05) is 4.90 Å². The molecule has 1 aromatic carbocycles. The third-order valence-corrected chi connectivity index (χ3v) is 3.66. The van der Waals surface area contributed by atoms with Gasteiger partial charge in [0.2, 0.25) is 10.4 Å². The Labute approximate surface area is 134 Å². The molecule has 5 nitrogen and oxygen atoms in total. The van der Waals surface area contributed by atoms with Crippen molar-refractivity contribution in [1.82, 2.24) is 0 Å². The molecule has 0 fully saturated rings. The van der Waals surface area contributed by atoms with Crippen LogP contribution in [0.3, 0.4) is 0 Å². The molecule has 0 unspecified atom stereocenters. The van der Waals surface area contributed by atoms with Crippen LogP contribution in [0.15, 0.2) is 29.2 Å². The maximum absolute atomic E-state index is 12.4. The average Bonchev–Trinajstić information content (AvgIpc) is 2.00. The second-order valence-corrected chi connectivity index (χ2v) is 5.26. The van der Waals surface area contributed by atoms with Crippen LogP contribution in [0.4, 0.5) is 8.28 Å². The molecule has 84 valence electrons. The third-order valence-electron chi connectivity index (χ3n) is 1.30. The van der Waals surface area contributed by atoms with Gasteiger partial charge in [0.25, 0.3) is 0 Å². The Bertz CT molecular complexity index is 555. The van der Waals surface area contributed by atoms with Crippen LogP contribution in [0.25, 0.3) is 4.13 Å². The van der Waals surface area contributed by atoms with E-state index in [-0.39, 0.29) is 51.4 Å². The average molecular weight is 295 g/mol. The second-order valence-electron chi connectivity index (χ2n) is 2.42. The van der Waals surface area contributed by atoms with Gasteiger partial charge in [-0.1, -0.05) is 0 Å². The molecule has 0 N–H and O–H groups in total. The van der Waals surface area contributed by atoms with Gasteiger partial charge in [-0.25, -0.2) is 21.2 Å². The van der Waals surface area contributed by atoms with Crippen molar-refractivity contribution in [2.24, 2.45) is 0 Å². The van der Waals surface area contributed by atoms with Crippen LogP contribution in [0.5, 0.6) is 0 Å². The Balaban J connectivity index is 0.00000225. The number of hydrogen-bond donors (Lipinski definition) is 0. The fourth-order valence-corrected chi connectivity index (χ4v) is 2.53. The van der Waals surface area contributed by atoms with E-state index in [1.807, 2.05) is 4.13 Å². The zero-order valence-electron chi connectivity index (χ0n) is 7.96. The smallest absolute Gasteiger partial charge is 0.403 e. The third kappa shape index (κ3) is 5.27. The molecule has 0 saturated carbocycles. The molecule has 0 aliphatic heterocycles. The first-order valence-electron chi connectivity index (χ1n) is 3.40. The van der Waals surface area contributed by atoms with E-state index >= 15 is 0 Å². The molecule has 0 atom stereocenters. The Morgan fingerprint density at radius 3 is 1.81 bits per heavy atom. The molecule has 0 heterocycles. The van der Waals surface area contributed by atoms with E-state index in [0.717, 1.165) is 24.3 Å². The van der Waals surface area contributed by atoms with E-state index in [1.165, 1.54) is 0 Å². The fraction of sp³-hybridized carbons (Fsp3) is 0. The number of nitrogens with zero attached hydrogens (tertiary/aromatic N) is 1. The summed E-state index contributed by atoms with van der Waals surface area (Å²) < 4.78 is 68.5. The van der Waals surface area contributed by atoms with Crippen LogP contribution in [-0.2, 0) is 20.4 Å². The Hall–Kier alpha value is 0.576. The van der Waals surface area contributed by atoms with Crippen LogP contribution in [0.2, 0.25) is 0 Å². The quantitative estimate of drug-likeness (QED) is 0.482. The minimum absolute atomic E-state index is 0. The normalized spacial score (nSPS) is 11.9. The van der Waals surface area contributed by atoms with Crippen molar-refractivity contribution in [3.8, 4) is 0 Å². The summed E-state index contributed by atoms with van der Waals surface area (Å²) in [5.41, 5.74) is 0. The topological polar surface area (TPSA) is 82.4 Å². The predicted molar refractivity (Wildman–Crippen MR) is 47.0 cm³/mol. The van der Waals surface area contributed by atoms with E-state index < -0.39 is 31.1 Å². The van der Waals surface area contributed by atoms with E-state index in [0.29, 0.717) is 0 Å². The number of hydrogen-bond acceptors (Lipinski definition) is 4. The molecular formula is C6H4F2KNO4S2. The summed E-state index contributed by atoms with van der Waals surface area (Å²) in [7, 11) is -10.1. The zero-order valence-corrected chi connectivity index (χ0v) is 12.7. The molecule has 10 heteroatoms. The minimum atomic E-state index is -5.50. The standard InChI is InChI=1S/C6H4F2NO4S2.K/c7-5-1-3-6(4-2-5)14(10,11)9-15(8,12)13;/h1-4H;/q-1;+1. The predicted octanol–water partition coefficient (Wildman–Crippen LogP) is -1.89. The van der Waals surface area contributed by atoms with E-state index in [4.69, 9.17) is 0 Å². The summed E-state index contributed by atoms with van der Waals surface area (Å²) >= 11 is 0. The van der Waals surface area contributed by atoms with Crippen LogP contribution >= 0.6 is 0 Å². The summed E-state index contributed by atoms with van der Waals surface area (Å²) in [6.07, 6.45) is 0. The van der Waals surface area contributed by atoms with Gasteiger partial charge in [0.05, 0.1) is 0 Å². The number of benzene rings is 1. The Kier molecular flexibility index (Phi) is 6.17. The number of sulfonamides is 1. The molecule has 1 rings (SSSR count). The maximum atomic E-state index is 12.4. The van der Waals surface area contributed by atoms with Crippen molar-refractivity contribution in [2.45, 2.75) is 4.90 Å². The van der Waals surface area contributed by atoms with Crippen LogP contribution in [-0.4, -0.2) is 16.8 Å². The van der Waals surface area contributed by atoms with Crippen molar-refractivity contribution in [3.63, 3.8) is 0 Å². The van der Waals surface area contributed by atoms with E-state index in [1.54, 1.807) is 0 Å². The molecule has 0 saturated heterocycles. The van der Waals surface area contributed by atoms with Crippen molar-refractivity contribution in [3.05, 3.63) is 34.2 Å². The molecule has 0 radical (unpaired) electrons. The van der Waals surface area contributed by atoms with Gasteiger partial charge in [-0.2, -0.15) is 0 Å². The first-order chi connectivity index (χ1) is 6.71. The van der Waals surface area contributed by atoms with Gasteiger partial charge in [0.15, 0.2) is 0 Å². The van der Waals surface area contributed by atoms with E-state index in [9.17, 15) is 25.1 Å². The van der Waals surface area contributed by atoms with Crippen LogP contribution in [0, 0.1) is 5.82 Å². The van der Waals surface area contributed by atoms with Gasteiger partial charge in [-0.15, -0.1) is 3.89 Å². The van der Waals surface area contributed by atoms with Gasteiger partial charge in [-0.05, 0) is 24.3 Å².